The summed E-state index contributed by atoms with van der Waals surface area (Å²) in [5.41, 5.74) is 9.49. The van der Waals surface area contributed by atoms with Gasteiger partial charge in [-0.1, -0.05) is 0 Å². The van der Waals surface area contributed by atoms with Crippen LogP contribution in [0.2, 0.25) is 0 Å². The maximum atomic E-state index is 5.66. The molecule has 1 aromatic rings. The minimum atomic E-state index is 0. The van der Waals surface area contributed by atoms with Crippen LogP contribution in [-0.4, -0.2) is 20.8 Å². The van der Waals surface area contributed by atoms with Crippen LogP contribution >= 0.6 is 12.4 Å². The second kappa shape index (κ2) is 6.86. The molecule has 18 heavy (non-hydrogen) atoms. The predicted octanol–water partition coefficient (Wildman–Crippen LogP) is 2.51. The molecule has 0 radical (unpaired) electrons. The van der Waals surface area contributed by atoms with Gasteiger partial charge in [-0.25, -0.2) is 0 Å². The largest absolute Gasteiger partial charge is 0.496 e. The van der Waals surface area contributed by atoms with Gasteiger partial charge in [-0.2, -0.15) is 0 Å². The molecule has 0 bridgehead atoms. The van der Waals surface area contributed by atoms with Crippen LogP contribution in [0.1, 0.15) is 29.5 Å². The Balaban J connectivity index is 0.00000162. The molecule has 2 N–H and O–H groups in total. The van der Waals surface area contributed by atoms with Gasteiger partial charge in [-0.15, -0.1) is 12.4 Å². The van der Waals surface area contributed by atoms with Gasteiger partial charge in [0, 0.05) is 11.1 Å². The molecule has 0 spiro atoms. The van der Waals surface area contributed by atoms with E-state index in [0.717, 1.165) is 30.8 Å². The van der Waals surface area contributed by atoms with Crippen molar-refractivity contribution in [3.8, 4) is 11.5 Å². The molecular formula is C14H22ClNO2. The highest BCUT2D eigenvalue weighted by Gasteiger charge is 2.21. The fourth-order valence-corrected chi connectivity index (χ4v) is 2.71. The van der Waals surface area contributed by atoms with Gasteiger partial charge in [0.2, 0.25) is 0 Å². The highest BCUT2D eigenvalue weighted by atomic mass is 35.5. The van der Waals surface area contributed by atoms with Gasteiger partial charge in [0.15, 0.2) is 0 Å². The van der Waals surface area contributed by atoms with Crippen molar-refractivity contribution in [1.82, 2.24) is 0 Å². The van der Waals surface area contributed by atoms with E-state index < -0.39 is 0 Å². The Morgan fingerprint density at radius 1 is 1.11 bits per heavy atom. The Hall–Kier alpha value is -0.930. The summed E-state index contributed by atoms with van der Waals surface area (Å²) in [5, 5.41) is 0. The standard InChI is InChI=1S/C14H21NO2.ClH/c1-16-13-9-10(7-8-15)14(17-2)12-6-4-3-5-11(12)13;/h9H,3-8,15H2,1-2H3;1H. The van der Waals surface area contributed by atoms with E-state index in [1.54, 1.807) is 14.2 Å². The van der Waals surface area contributed by atoms with Crippen molar-refractivity contribution in [3.05, 3.63) is 22.8 Å². The van der Waals surface area contributed by atoms with Crippen LogP contribution in [0.5, 0.6) is 11.5 Å². The van der Waals surface area contributed by atoms with Gasteiger partial charge in [-0.3, -0.25) is 0 Å². The minimum absolute atomic E-state index is 0. The number of ether oxygens (including phenoxy) is 2. The fourth-order valence-electron chi connectivity index (χ4n) is 2.71. The van der Waals surface area contributed by atoms with Crippen molar-refractivity contribution in [3.63, 3.8) is 0 Å². The van der Waals surface area contributed by atoms with E-state index in [4.69, 9.17) is 15.2 Å². The van der Waals surface area contributed by atoms with Crippen LogP contribution in [0, 0.1) is 0 Å². The second-order valence-corrected chi connectivity index (χ2v) is 4.47. The number of rotatable bonds is 4. The van der Waals surface area contributed by atoms with E-state index in [0.29, 0.717) is 6.54 Å². The van der Waals surface area contributed by atoms with Gasteiger partial charge in [0.1, 0.15) is 11.5 Å². The zero-order valence-electron chi connectivity index (χ0n) is 11.1. The van der Waals surface area contributed by atoms with Gasteiger partial charge in [-0.05, 0) is 50.3 Å². The lowest BCUT2D eigenvalue weighted by Crippen LogP contribution is -2.11. The SMILES string of the molecule is COc1cc(CCN)c(OC)c2c1CCCC2.Cl. The van der Waals surface area contributed by atoms with Crippen molar-refractivity contribution < 1.29 is 9.47 Å². The third-order valence-electron chi connectivity index (χ3n) is 3.47. The van der Waals surface area contributed by atoms with E-state index >= 15 is 0 Å². The first-order valence-corrected chi connectivity index (χ1v) is 6.27. The molecule has 102 valence electrons. The van der Waals surface area contributed by atoms with Gasteiger partial charge in [0.05, 0.1) is 14.2 Å². The lowest BCUT2D eigenvalue weighted by molar-refractivity contribution is 0.385. The topological polar surface area (TPSA) is 44.5 Å². The van der Waals surface area contributed by atoms with Crippen LogP contribution in [-0.2, 0) is 19.3 Å². The van der Waals surface area contributed by atoms with E-state index in [9.17, 15) is 0 Å². The summed E-state index contributed by atoms with van der Waals surface area (Å²) in [6, 6.07) is 2.09. The zero-order valence-corrected chi connectivity index (χ0v) is 11.9. The first kappa shape index (κ1) is 15.1. The van der Waals surface area contributed by atoms with Crippen LogP contribution in [0.4, 0.5) is 0 Å². The number of benzene rings is 1. The summed E-state index contributed by atoms with van der Waals surface area (Å²) in [7, 11) is 3.49. The Morgan fingerprint density at radius 2 is 1.78 bits per heavy atom. The molecule has 0 heterocycles. The molecular weight excluding hydrogens is 250 g/mol. The molecule has 1 aliphatic carbocycles. The predicted molar refractivity (Wildman–Crippen MR) is 76.2 cm³/mol. The van der Waals surface area contributed by atoms with Crippen LogP contribution in [0.15, 0.2) is 6.07 Å². The fraction of sp³-hybridized carbons (Fsp3) is 0.571. The second-order valence-electron chi connectivity index (χ2n) is 4.47. The molecule has 0 saturated heterocycles. The Bertz CT molecular complexity index is 407. The van der Waals surface area contributed by atoms with Gasteiger partial charge in [0.25, 0.3) is 0 Å². The van der Waals surface area contributed by atoms with Crippen LogP contribution < -0.4 is 15.2 Å². The average molecular weight is 272 g/mol. The number of nitrogens with two attached hydrogens (primary N) is 1. The normalized spacial score (nSPS) is 13.5. The van der Waals surface area contributed by atoms with Gasteiger partial charge < -0.3 is 15.2 Å². The maximum absolute atomic E-state index is 5.66. The monoisotopic (exact) mass is 271 g/mol. The number of methoxy groups -OCH3 is 2. The number of halogens is 1. The molecule has 0 fully saturated rings. The number of hydrogen-bond donors (Lipinski definition) is 1. The molecule has 0 unspecified atom stereocenters. The number of hydrogen-bond acceptors (Lipinski definition) is 3. The Kier molecular flexibility index (Phi) is 5.76. The Labute approximate surface area is 115 Å². The van der Waals surface area contributed by atoms with Gasteiger partial charge >= 0.3 is 0 Å². The van der Waals surface area contributed by atoms with Crippen molar-refractivity contribution in [1.29, 1.82) is 0 Å². The maximum Gasteiger partial charge on any atom is 0.125 e. The zero-order chi connectivity index (χ0) is 12.3. The molecule has 3 nitrogen and oxygen atoms in total. The molecule has 0 aromatic heterocycles. The molecule has 2 rings (SSSR count). The first-order valence-electron chi connectivity index (χ1n) is 6.27. The first-order chi connectivity index (χ1) is 8.31. The van der Waals surface area contributed by atoms with Crippen LogP contribution in [0.25, 0.3) is 0 Å². The minimum Gasteiger partial charge on any atom is -0.496 e. The molecule has 0 saturated carbocycles. The van der Waals surface area contributed by atoms with E-state index in [2.05, 4.69) is 6.07 Å². The van der Waals surface area contributed by atoms with Crippen molar-refractivity contribution in [2.45, 2.75) is 32.1 Å². The molecule has 0 atom stereocenters. The lowest BCUT2D eigenvalue weighted by atomic mass is 9.88. The third-order valence-corrected chi connectivity index (χ3v) is 3.47. The van der Waals surface area contributed by atoms with Crippen molar-refractivity contribution in [2.24, 2.45) is 5.73 Å². The lowest BCUT2D eigenvalue weighted by Gasteiger charge is -2.23. The third kappa shape index (κ3) is 2.73. The summed E-state index contributed by atoms with van der Waals surface area (Å²) < 4.78 is 11.1. The summed E-state index contributed by atoms with van der Waals surface area (Å²) in [5.74, 6) is 2.04. The summed E-state index contributed by atoms with van der Waals surface area (Å²) in [6.07, 6.45) is 5.50. The summed E-state index contributed by atoms with van der Waals surface area (Å²) >= 11 is 0. The smallest absolute Gasteiger partial charge is 0.125 e. The molecule has 0 aliphatic heterocycles. The average Bonchev–Trinajstić information content (AvgIpc) is 2.38. The molecule has 1 aliphatic rings. The highest BCUT2D eigenvalue weighted by molar-refractivity contribution is 5.85. The number of fused-ring (bicyclic) bond motifs is 1. The van der Waals surface area contributed by atoms with E-state index in [-0.39, 0.29) is 12.4 Å². The van der Waals surface area contributed by atoms with Crippen LogP contribution in [0.3, 0.4) is 0 Å². The Morgan fingerprint density at radius 3 is 2.33 bits per heavy atom. The van der Waals surface area contributed by atoms with Crippen molar-refractivity contribution in [2.75, 3.05) is 20.8 Å². The van der Waals surface area contributed by atoms with E-state index in [1.807, 2.05) is 0 Å². The quantitative estimate of drug-likeness (QED) is 0.915. The summed E-state index contributed by atoms with van der Waals surface area (Å²) in [6.45, 7) is 0.637. The van der Waals surface area contributed by atoms with Crippen molar-refractivity contribution >= 4 is 12.4 Å². The summed E-state index contributed by atoms with van der Waals surface area (Å²) in [4.78, 5) is 0. The molecule has 0 amide bonds. The highest BCUT2D eigenvalue weighted by Crippen LogP contribution is 2.39. The molecule has 1 aromatic carbocycles. The molecule has 4 heteroatoms. The van der Waals surface area contributed by atoms with E-state index in [1.165, 1.54) is 29.5 Å².